The summed E-state index contributed by atoms with van der Waals surface area (Å²) in [6.07, 6.45) is 6.24. The van der Waals surface area contributed by atoms with E-state index in [9.17, 15) is 4.79 Å². The number of ether oxygens (including phenoxy) is 1. The minimum atomic E-state index is 0.0263. The number of nitrogens with zero attached hydrogens (tertiary/aromatic N) is 3. The van der Waals surface area contributed by atoms with Gasteiger partial charge in [-0.25, -0.2) is 9.97 Å². The molecule has 2 N–H and O–H groups in total. The third-order valence-electron chi connectivity index (χ3n) is 4.57. The van der Waals surface area contributed by atoms with Crippen molar-refractivity contribution < 1.29 is 9.53 Å². The lowest BCUT2D eigenvalue weighted by molar-refractivity contribution is -0.120. The van der Waals surface area contributed by atoms with Gasteiger partial charge in [0.05, 0.1) is 30.9 Å². The third-order valence-corrected chi connectivity index (χ3v) is 4.57. The molecule has 1 aliphatic heterocycles. The first kappa shape index (κ1) is 15.1. The van der Waals surface area contributed by atoms with Gasteiger partial charge in [-0.2, -0.15) is 0 Å². The first-order chi connectivity index (χ1) is 11.8. The summed E-state index contributed by atoms with van der Waals surface area (Å²) in [5.41, 5.74) is 2.77. The fourth-order valence-electron chi connectivity index (χ4n) is 3.39. The van der Waals surface area contributed by atoms with Crippen LogP contribution in [0.25, 0.3) is 22.1 Å². The third kappa shape index (κ3) is 2.54. The largest absolute Gasteiger partial charge is 0.379 e. The van der Waals surface area contributed by atoms with Crippen LogP contribution >= 0.6 is 0 Å². The number of amides is 1. The molecule has 4 heterocycles. The van der Waals surface area contributed by atoms with Crippen LogP contribution < -0.4 is 5.32 Å². The topological polar surface area (TPSA) is 84.8 Å². The summed E-state index contributed by atoms with van der Waals surface area (Å²) >= 11 is 0. The summed E-state index contributed by atoms with van der Waals surface area (Å²) in [6.45, 7) is 3.75. The monoisotopic (exact) mass is 327 g/mol. The van der Waals surface area contributed by atoms with Gasteiger partial charge >= 0.3 is 0 Å². The van der Waals surface area contributed by atoms with E-state index < -0.39 is 0 Å². The number of hydrogen-bond acceptors (Lipinski definition) is 4. The van der Waals surface area contributed by atoms with E-state index in [-0.39, 0.29) is 11.9 Å². The van der Waals surface area contributed by atoms with Crippen LogP contribution in [0.5, 0.6) is 0 Å². The number of carbonyl (C=O) groups excluding carboxylic acids is 1. The summed E-state index contributed by atoms with van der Waals surface area (Å²) < 4.78 is 7.93. The molecule has 0 bridgehead atoms. The maximum Gasteiger partial charge on any atom is 0.220 e. The number of aromatic amines is 1. The van der Waals surface area contributed by atoms with Gasteiger partial charge in [-0.15, -0.1) is 0 Å². The second-order valence-electron chi connectivity index (χ2n) is 6.13. The van der Waals surface area contributed by atoms with E-state index >= 15 is 0 Å². The fraction of sp³-hybridized carbons (Fsp3) is 0.471. The lowest BCUT2D eigenvalue weighted by Crippen LogP contribution is -2.27. The van der Waals surface area contributed by atoms with Crippen molar-refractivity contribution in [2.24, 2.45) is 0 Å². The second-order valence-corrected chi connectivity index (χ2v) is 6.13. The van der Waals surface area contributed by atoms with Crippen molar-refractivity contribution in [2.45, 2.75) is 38.8 Å². The number of rotatable bonds is 4. The highest BCUT2D eigenvalue weighted by Gasteiger charge is 2.23. The highest BCUT2D eigenvalue weighted by Crippen LogP contribution is 2.30. The van der Waals surface area contributed by atoms with Crippen molar-refractivity contribution in [1.29, 1.82) is 0 Å². The molecule has 0 saturated carbocycles. The quantitative estimate of drug-likeness (QED) is 0.770. The zero-order valence-electron chi connectivity index (χ0n) is 13.7. The Balaban J connectivity index is 1.85. The van der Waals surface area contributed by atoms with E-state index in [4.69, 9.17) is 9.72 Å². The molecular weight excluding hydrogens is 306 g/mol. The summed E-state index contributed by atoms with van der Waals surface area (Å²) in [5, 5.41) is 3.99. The van der Waals surface area contributed by atoms with Crippen molar-refractivity contribution >= 4 is 28.0 Å². The van der Waals surface area contributed by atoms with Crippen LogP contribution in [0.3, 0.4) is 0 Å². The molecule has 3 aromatic heterocycles. The van der Waals surface area contributed by atoms with Crippen LogP contribution in [0.15, 0.2) is 18.5 Å². The van der Waals surface area contributed by atoms with Crippen molar-refractivity contribution in [2.75, 3.05) is 13.2 Å². The number of pyridine rings is 1. The number of aromatic nitrogens is 4. The maximum atomic E-state index is 11.7. The van der Waals surface area contributed by atoms with E-state index in [0.717, 1.165) is 47.3 Å². The summed E-state index contributed by atoms with van der Waals surface area (Å²) in [6, 6.07) is 2.26. The van der Waals surface area contributed by atoms with E-state index in [1.807, 2.05) is 19.2 Å². The van der Waals surface area contributed by atoms with Gasteiger partial charge in [-0.1, -0.05) is 6.92 Å². The van der Waals surface area contributed by atoms with Gasteiger partial charge in [0.2, 0.25) is 5.91 Å². The SMILES string of the molecule is CCC(=O)NCc1nc2cnc3[nH]ccc3c2n1[C@H]1CCCOC1. The molecule has 1 amide bonds. The van der Waals surface area contributed by atoms with E-state index in [2.05, 4.69) is 19.9 Å². The Kier molecular flexibility index (Phi) is 3.93. The molecule has 0 aromatic carbocycles. The molecule has 7 nitrogen and oxygen atoms in total. The molecule has 4 rings (SSSR count). The fourth-order valence-corrected chi connectivity index (χ4v) is 3.39. The predicted octanol–water partition coefficient (Wildman–Crippen LogP) is 2.29. The van der Waals surface area contributed by atoms with Crippen LogP contribution in [-0.4, -0.2) is 38.6 Å². The maximum absolute atomic E-state index is 11.7. The van der Waals surface area contributed by atoms with Gasteiger partial charge in [0.1, 0.15) is 17.0 Å². The zero-order chi connectivity index (χ0) is 16.5. The van der Waals surface area contributed by atoms with Crippen LogP contribution in [0.4, 0.5) is 0 Å². The van der Waals surface area contributed by atoms with Crippen LogP contribution in [0.1, 0.15) is 38.1 Å². The van der Waals surface area contributed by atoms with Crippen molar-refractivity contribution in [1.82, 2.24) is 24.8 Å². The van der Waals surface area contributed by atoms with Crippen LogP contribution in [0, 0.1) is 0 Å². The Labute approximate surface area is 139 Å². The molecule has 126 valence electrons. The molecular formula is C17H21N5O2. The summed E-state index contributed by atoms with van der Waals surface area (Å²) in [4.78, 5) is 24.0. The van der Waals surface area contributed by atoms with Crippen LogP contribution in [-0.2, 0) is 16.1 Å². The van der Waals surface area contributed by atoms with Crippen LogP contribution in [0.2, 0.25) is 0 Å². The number of H-pyrrole nitrogens is 1. The normalized spacial score (nSPS) is 18.3. The van der Waals surface area contributed by atoms with Gasteiger partial charge in [-0.05, 0) is 18.9 Å². The van der Waals surface area contributed by atoms with Gasteiger partial charge < -0.3 is 19.6 Å². The average molecular weight is 327 g/mol. The Bertz CT molecular complexity index is 876. The number of nitrogens with one attached hydrogen (secondary N) is 2. The van der Waals surface area contributed by atoms with Crippen molar-refractivity contribution in [3.05, 3.63) is 24.3 Å². The molecule has 1 atom stereocenters. The number of fused-ring (bicyclic) bond motifs is 3. The molecule has 7 heteroatoms. The molecule has 0 spiro atoms. The lowest BCUT2D eigenvalue weighted by Gasteiger charge is -2.26. The number of imidazole rings is 1. The van der Waals surface area contributed by atoms with E-state index in [1.54, 1.807) is 6.20 Å². The molecule has 3 aromatic rings. The Morgan fingerprint density at radius 3 is 3.25 bits per heavy atom. The van der Waals surface area contributed by atoms with Gasteiger partial charge in [0, 0.05) is 24.6 Å². The van der Waals surface area contributed by atoms with Gasteiger partial charge in [0.25, 0.3) is 0 Å². The predicted molar refractivity (Wildman–Crippen MR) is 90.6 cm³/mol. The number of hydrogen-bond donors (Lipinski definition) is 2. The smallest absolute Gasteiger partial charge is 0.220 e. The van der Waals surface area contributed by atoms with Crippen molar-refractivity contribution in [3.8, 4) is 0 Å². The Hall–Kier alpha value is -2.41. The molecule has 1 saturated heterocycles. The minimum Gasteiger partial charge on any atom is -0.379 e. The Morgan fingerprint density at radius 2 is 2.46 bits per heavy atom. The van der Waals surface area contributed by atoms with Crippen molar-refractivity contribution in [3.63, 3.8) is 0 Å². The summed E-state index contributed by atoms with van der Waals surface area (Å²) in [5.74, 6) is 0.885. The Morgan fingerprint density at radius 1 is 1.54 bits per heavy atom. The molecule has 0 aliphatic carbocycles. The first-order valence-corrected chi connectivity index (χ1v) is 8.45. The molecule has 24 heavy (non-hydrogen) atoms. The molecule has 1 fully saturated rings. The van der Waals surface area contributed by atoms with E-state index in [1.165, 1.54) is 0 Å². The van der Waals surface area contributed by atoms with Gasteiger partial charge in [-0.3, -0.25) is 4.79 Å². The summed E-state index contributed by atoms with van der Waals surface area (Å²) in [7, 11) is 0. The molecule has 1 aliphatic rings. The number of carbonyl (C=O) groups is 1. The standard InChI is InChI=1S/C17H21N5O2/c1-2-15(23)19-9-14-21-13-8-20-17-12(5-6-18-17)16(13)22(14)11-4-3-7-24-10-11/h5-6,8,11H,2-4,7,9-10H2,1H3,(H,18,20)(H,19,23)/t11-/m0/s1. The van der Waals surface area contributed by atoms with E-state index in [0.29, 0.717) is 19.6 Å². The zero-order valence-corrected chi connectivity index (χ0v) is 13.7. The molecule has 0 radical (unpaired) electrons. The lowest BCUT2D eigenvalue weighted by atomic mass is 10.1. The first-order valence-electron chi connectivity index (χ1n) is 8.45. The average Bonchev–Trinajstić information content (AvgIpc) is 3.23. The highest BCUT2D eigenvalue weighted by molar-refractivity contribution is 6.01. The van der Waals surface area contributed by atoms with Gasteiger partial charge in [0.15, 0.2) is 0 Å². The highest BCUT2D eigenvalue weighted by atomic mass is 16.5. The second kappa shape index (κ2) is 6.24. The minimum absolute atomic E-state index is 0.0263. The molecule has 0 unspecified atom stereocenters.